The van der Waals surface area contributed by atoms with Crippen LogP contribution in [0.25, 0.3) is 6.08 Å². The molecule has 0 saturated carbocycles. The molecule has 0 N–H and O–H groups in total. The van der Waals surface area contributed by atoms with Crippen molar-refractivity contribution in [1.29, 1.82) is 0 Å². The van der Waals surface area contributed by atoms with Crippen molar-refractivity contribution in [3.63, 3.8) is 0 Å². The van der Waals surface area contributed by atoms with E-state index in [1.54, 1.807) is 43.4 Å². The van der Waals surface area contributed by atoms with Crippen LogP contribution in [0, 0.1) is 10.1 Å². The molecule has 0 amide bonds. The Morgan fingerprint density at radius 1 is 0.964 bits per heavy atom. The van der Waals surface area contributed by atoms with Crippen molar-refractivity contribution in [3.8, 4) is 11.5 Å². The number of hydrogen-bond acceptors (Lipinski definition) is 7. The molecule has 0 bridgehead atoms. The molecule has 0 unspecified atom stereocenters. The molecule has 28 heavy (non-hydrogen) atoms. The summed E-state index contributed by atoms with van der Waals surface area (Å²) in [6.45, 7) is 0. The van der Waals surface area contributed by atoms with Crippen molar-refractivity contribution in [2.45, 2.75) is 0 Å². The lowest BCUT2D eigenvalue weighted by Crippen LogP contribution is -2.23. The number of hydrogen-bond donors (Lipinski definition) is 0. The zero-order valence-electron chi connectivity index (χ0n) is 15.8. The van der Waals surface area contributed by atoms with E-state index in [4.69, 9.17) is 9.47 Å². The monoisotopic (exact) mass is 382 g/mol. The summed E-state index contributed by atoms with van der Waals surface area (Å²) in [7, 11) is 6.02. The average molecular weight is 382 g/mol. The van der Waals surface area contributed by atoms with Crippen LogP contribution in [0.3, 0.4) is 0 Å². The van der Waals surface area contributed by atoms with Gasteiger partial charge in [0.15, 0.2) is 11.6 Å². The van der Waals surface area contributed by atoms with E-state index in [1.807, 2.05) is 0 Å². The summed E-state index contributed by atoms with van der Waals surface area (Å²) in [6.07, 6.45) is 3.04. The molecular weight excluding hydrogens is 364 g/mol. The lowest BCUT2D eigenvalue weighted by molar-refractivity contribution is -0.386. The lowest BCUT2D eigenvalue weighted by Gasteiger charge is -2.23. The summed E-state index contributed by atoms with van der Waals surface area (Å²) in [5, 5.41) is 11.9. The molecule has 0 saturated heterocycles. The zero-order valence-corrected chi connectivity index (χ0v) is 15.8. The van der Waals surface area contributed by atoms with E-state index in [-0.39, 0.29) is 39.3 Å². The van der Waals surface area contributed by atoms with Gasteiger partial charge in [-0.05, 0) is 12.3 Å². The number of nitro benzene ring substituents is 1. The Bertz CT molecular complexity index is 1040. The van der Waals surface area contributed by atoms with Gasteiger partial charge in [-0.25, -0.2) is 0 Å². The molecule has 0 aliphatic heterocycles. The molecule has 0 radical (unpaired) electrons. The third-order valence-electron chi connectivity index (χ3n) is 4.42. The minimum absolute atomic E-state index is 0.0338. The quantitative estimate of drug-likeness (QED) is 0.494. The second-order valence-corrected chi connectivity index (χ2v) is 6.32. The molecule has 8 heteroatoms. The summed E-state index contributed by atoms with van der Waals surface area (Å²) in [5.41, 5.74) is -0.180. The second-order valence-electron chi connectivity index (χ2n) is 6.32. The fourth-order valence-electron chi connectivity index (χ4n) is 3.26. The van der Waals surface area contributed by atoms with Gasteiger partial charge in [-0.2, -0.15) is 0 Å². The van der Waals surface area contributed by atoms with Gasteiger partial charge in [-0.1, -0.05) is 24.3 Å². The number of ether oxygens (including phenoxy) is 2. The lowest BCUT2D eigenvalue weighted by atomic mass is 9.81. The molecule has 8 nitrogen and oxygen atoms in total. The highest BCUT2D eigenvalue weighted by atomic mass is 16.6. The number of carbonyl (C=O) groups excluding carboxylic acids is 2. The molecule has 0 aromatic heterocycles. The largest absolute Gasteiger partial charge is 0.495 e. The second kappa shape index (κ2) is 7.15. The van der Waals surface area contributed by atoms with Crippen molar-refractivity contribution < 1.29 is 24.0 Å². The first-order chi connectivity index (χ1) is 13.3. The molecule has 1 aliphatic carbocycles. The van der Waals surface area contributed by atoms with E-state index < -0.39 is 22.2 Å². The molecule has 0 heterocycles. The van der Waals surface area contributed by atoms with Crippen molar-refractivity contribution in [3.05, 3.63) is 68.4 Å². The van der Waals surface area contributed by atoms with Gasteiger partial charge >= 0.3 is 5.69 Å². The maximum Gasteiger partial charge on any atom is 0.322 e. The first kappa shape index (κ1) is 19.1. The Morgan fingerprint density at radius 2 is 1.46 bits per heavy atom. The molecule has 3 rings (SSSR count). The Labute approximate surface area is 161 Å². The predicted octanol–water partition coefficient (Wildman–Crippen LogP) is 2.92. The number of fused-ring (bicyclic) bond motifs is 2. The predicted molar refractivity (Wildman–Crippen MR) is 102 cm³/mol. The minimum Gasteiger partial charge on any atom is -0.495 e. The van der Waals surface area contributed by atoms with Crippen LogP contribution in [-0.4, -0.2) is 49.7 Å². The maximum absolute atomic E-state index is 13.2. The van der Waals surface area contributed by atoms with Crippen LogP contribution in [0.15, 0.2) is 30.5 Å². The first-order valence-electron chi connectivity index (χ1n) is 8.32. The molecule has 0 atom stereocenters. The Balaban J connectivity index is 2.49. The van der Waals surface area contributed by atoms with Crippen LogP contribution >= 0.6 is 0 Å². The standard InChI is InChI=1S/C20H18N2O6/c1-21(2)10-9-13-16(22(25)26)20(28-4)15-14(19(13)27-3)17(23)11-7-5-6-8-12(11)18(15)24/h5-10H,1-4H3. The van der Waals surface area contributed by atoms with Crippen LogP contribution in [0.2, 0.25) is 0 Å². The number of rotatable bonds is 5. The van der Waals surface area contributed by atoms with E-state index in [2.05, 4.69) is 0 Å². The van der Waals surface area contributed by atoms with Crippen molar-refractivity contribution in [2.24, 2.45) is 0 Å². The summed E-state index contributed by atoms with van der Waals surface area (Å²) < 4.78 is 10.7. The topological polar surface area (TPSA) is 99.0 Å². The minimum atomic E-state index is -0.644. The van der Waals surface area contributed by atoms with Gasteiger partial charge in [-0.15, -0.1) is 0 Å². The summed E-state index contributed by atoms with van der Waals surface area (Å²) in [5.74, 6) is -1.26. The maximum atomic E-state index is 13.2. The van der Waals surface area contributed by atoms with Crippen LogP contribution in [0.1, 0.15) is 37.4 Å². The third kappa shape index (κ3) is 2.79. The van der Waals surface area contributed by atoms with E-state index >= 15 is 0 Å². The SMILES string of the molecule is COc1c(C=CN(C)C)c([N+](=O)[O-])c(OC)c2c1C(=O)c1ccccc1C2=O. The molecule has 2 aromatic carbocycles. The van der Waals surface area contributed by atoms with Gasteiger partial charge in [0.05, 0.1) is 30.3 Å². The van der Waals surface area contributed by atoms with E-state index in [9.17, 15) is 19.7 Å². The number of nitrogens with zero attached hydrogens (tertiary/aromatic N) is 2. The van der Waals surface area contributed by atoms with Gasteiger partial charge in [0.25, 0.3) is 0 Å². The van der Waals surface area contributed by atoms with Gasteiger partial charge in [0.1, 0.15) is 11.3 Å². The number of ketones is 2. The van der Waals surface area contributed by atoms with Crippen LogP contribution < -0.4 is 9.47 Å². The number of benzene rings is 2. The summed E-state index contributed by atoms with van der Waals surface area (Å²) >= 11 is 0. The molecule has 2 aromatic rings. The van der Waals surface area contributed by atoms with E-state index in [0.29, 0.717) is 0 Å². The smallest absolute Gasteiger partial charge is 0.322 e. The van der Waals surface area contributed by atoms with Crippen molar-refractivity contribution in [2.75, 3.05) is 28.3 Å². The van der Waals surface area contributed by atoms with Crippen molar-refractivity contribution >= 4 is 23.3 Å². The molecule has 144 valence electrons. The zero-order chi connectivity index (χ0) is 20.6. The number of methoxy groups -OCH3 is 2. The fourth-order valence-corrected chi connectivity index (χ4v) is 3.26. The van der Waals surface area contributed by atoms with Gasteiger partial charge in [0, 0.05) is 25.2 Å². The average Bonchev–Trinajstić information content (AvgIpc) is 2.68. The highest BCUT2D eigenvalue weighted by Crippen LogP contribution is 2.48. The highest BCUT2D eigenvalue weighted by molar-refractivity contribution is 6.31. The summed E-state index contributed by atoms with van der Waals surface area (Å²) in [6, 6.07) is 6.33. The van der Waals surface area contributed by atoms with E-state index in [1.165, 1.54) is 26.4 Å². The normalized spacial score (nSPS) is 12.6. The summed E-state index contributed by atoms with van der Waals surface area (Å²) in [4.78, 5) is 39.2. The Morgan fingerprint density at radius 3 is 1.89 bits per heavy atom. The number of carbonyl (C=O) groups is 2. The van der Waals surface area contributed by atoms with Crippen LogP contribution in [0.4, 0.5) is 5.69 Å². The van der Waals surface area contributed by atoms with Crippen LogP contribution in [0.5, 0.6) is 11.5 Å². The molecule has 1 aliphatic rings. The van der Waals surface area contributed by atoms with E-state index in [0.717, 1.165) is 0 Å². The molecule has 0 spiro atoms. The Hall–Kier alpha value is -3.68. The molecular formula is C20H18N2O6. The molecule has 0 fully saturated rings. The van der Waals surface area contributed by atoms with Crippen LogP contribution in [-0.2, 0) is 0 Å². The van der Waals surface area contributed by atoms with Crippen molar-refractivity contribution in [1.82, 2.24) is 4.90 Å². The number of nitro groups is 1. The highest BCUT2D eigenvalue weighted by Gasteiger charge is 2.41. The third-order valence-corrected chi connectivity index (χ3v) is 4.42. The van der Waals surface area contributed by atoms with Gasteiger partial charge < -0.3 is 14.4 Å². The Kier molecular flexibility index (Phi) is 4.87. The first-order valence-corrected chi connectivity index (χ1v) is 8.32. The van der Waals surface area contributed by atoms with Gasteiger partial charge in [0.2, 0.25) is 5.75 Å². The fraction of sp³-hybridized carbons (Fsp3) is 0.200. The van der Waals surface area contributed by atoms with Gasteiger partial charge in [-0.3, -0.25) is 19.7 Å².